The molecule has 4 N–H and O–H groups in total. The minimum Gasteiger partial charge on any atom is -0.494 e. The van der Waals surface area contributed by atoms with Crippen LogP contribution in [0.1, 0.15) is 0 Å². The molecule has 0 spiro atoms. The summed E-state index contributed by atoms with van der Waals surface area (Å²) in [5.74, 6) is 1.46. The van der Waals surface area contributed by atoms with E-state index in [1.165, 1.54) is 21.3 Å². The van der Waals surface area contributed by atoms with Gasteiger partial charge in [-0.2, -0.15) is 0 Å². The Morgan fingerprint density at radius 2 is 1.82 bits per heavy atom. The summed E-state index contributed by atoms with van der Waals surface area (Å²) in [6.07, 6.45) is 0. The molecule has 0 bridgehead atoms. The van der Waals surface area contributed by atoms with Crippen molar-refractivity contribution in [2.75, 3.05) is 45.5 Å². The van der Waals surface area contributed by atoms with Crippen molar-refractivity contribution in [1.29, 1.82) is 0 Å². The first-order valence-corrected chi connectivity index (χ1v) is 5.12. The quantitative estimate of drug-likeness (QED) is 0.637. The Bertz CT molecular complexity index is 382. The maximum atomic E-state index is 8.82. The number of benzene rings is 1. The molecule has 96 valence electrons. The normalized spacial score (nSPS) is 9.88. The molecule has 6 heteroatoms. The highest BCUT2D eigenvalue weighted by atomic mass is 16.5. The van der Waals surface area contributed by atoms with Crippen molar-refractivity contribution >= 4 is 11.4 Å². The van der Waals surface area contributed by atoms with Crippen molar-refractivity contribution in [2.24, 2.45) is 0 Å². The molecule has 1 aromatic rings. The molecule has 0 atom stereocenters. The van der Waals surface area contributed by atoms with Crippen LogP contribution in [0.3, 0.4) is 0 Å². The predicted octanol–water partition coefficient (Wildman–Crippen LogP) is 0.699. The van der Waals surface area contributed by atoms with Gasteiger partial charge in [0.1, 0.15) is 22.9 Å². The first kappa shape index (κ1) is 13.2. The lowest BCUT2D eigenvalue weighted by Gasteiger charge is -2.18. The van der Waals surface area contributed by atoms with Crippen LogP contribution in [0.4, 0.5) is 11.4 Å². The molecule has 0 aliphatic rings. The Balaban J connectivity index is 3.27. The van der Waals surface area contributed by atoms with Gasteiger partial charge in [0.15, 0.2) is 5.75 Å². The first-order chi connectivity index (χ1) is 8.19. The number of methoxy groups -OCH3 is 3. The van der Waals surface area contributed by atoms with E-state index in [0.717, 1.165) is 0 Å². The van der Waals surface area contributed by atoms with Crippen molar-refractivity contribution in [1.82, 2.24) is 0 Å². The molecule has 0 unspecified atom stereocenters. The van der Waals surface area contributed by atoms with Gasteiger partial charge in [-0.15, -0.1) is 0 Å². The fourth-order valence-corrected chi connectivity index (χ4v) is 1.52. The summed E-state index contributed by atoms with van der Waals surface area (Å²) < 4.78 is 15.6. The van der Waals surface area contributed by atoms with Crippen molar-refractivity contribution < 1.29 is 19.3 Å². The van der Waals surface area contributed by atoms with Crippen LogP contribution in [0.2, 0.25) is 0 Å². The van der Waals surface area contributed by atoms with E-state index in [1.807, 2.05) is 0 Å². The molecule has 0 heterocycles. The maximum Gasteiger partial charge on any atom is 0.172 e. The number of nitrogen functional groups attached to an aromatic ring is 1. The summed E-state index contributed by atoms with van der Waals surface area (Å²) in [5.41, 5.74) is 6.88. The molecule has 1 rings (SSSR count). The molecule has 0 aliphatic carbocycles. The zero-order valence-corrected chi connectivity index (χ0v) is 10.2. The third-order valence-electron chi connectivity index (χ3n) is 2.30. The van der Waals surface area contributed by atoms with Gasteiger partial charge in [0.25, 0.3) is 0 Å². The number of aliphatic hydroxyl groups excluding tert-OH is 1. The fraction of sp³-hybridized carbons (Fsp3) is 0.455. The SMILES string of the molecule is COc1cc(OC)c(NCCO)c(OC)c1N. The second kappa shape index (κ2) is 6.05. The summed E-state index contributed by atoms with van der Waals surface area (Å²) in [6.45, 7) is 0.372. The summed E-state index contributed by atoms with van der Waals surface area (Å²) >= 11 is 0. The Morgan fingerprint density at radius 1 is 1.18 bits per heavy atom. The van der Waals surface area contributed by atoms with Gasteiger partial charge in [-0.3, -0.25) is 0 Å². The topological polar surface area (TPSA) is 86.0 Å². The number of hydrogen-bond acceptors (Lipinski definition) is 6. The number of ether oxygens (including phenoxy) is 3. The molecular weight excluding hydrogens is 224 g/mol. The van der Waals surface area contributed by atoms with E-state index < -0.39 is 0 Å². The van der Waals surface area contributed by atoms with Gasteiger partial charge in [-0.05, 0) is 0 Å². The molecule has 0 radical (unpaired) electrons. The molecule has 1 aromatic carbocycles. The first-order valence-electron chi connectivity index (χ1n) is 5.12. The molecule has 0 amide bonds. The highest BCUT2D eigenvalue weighted by Gasteiger charge is 2.17. The molecule has 0 saturated heterocycles. The van der Waals surface area contributed by atoms with Crippen LogP contribution in [0, 0.1) is 0 Å². The van der Waals surface area contributed by atoms with E-state index in [0.29, 0.717) is 35.2 Å². The summed E-state index contributed by atoms with van der Waals surface area (Å²) in [7, 11) is 4.56. The minimum atomic E-state index is -0.00174. The van der Waals surface area contributed by atoms with Gasteiger partial charge < -0.3 is 30.4 Å². The Morgan fingerprint density at radius 3 is 2.29 bits per heavy atom. The smallest absolute Gasteiger partial charge is 0.172 e. The van der Waals surface area contributed by atoms with Gasteiger partial charge in [0.05, 0.1) is 27.9 Å². The zero-order valence-electron chi connectivity index (χ0n) is 10.2. The van der Waals surface area contributed by atoms with Crippen LogP contribution < -0.4 is 25.3 Å². The zero-order chi connectivity index (χ0) is 12.8. The number of anilines is 2. The van der Waals surface area contributed by atoms with E-state index in [9.17, 15) is 0 Å². The van der Waals surface area contributed by atoms with Crippen LogP contribution in [-0.4, -0.2) is 39.6 Å². The van der Waals surface area contributed by atoms with Crippen LogP contribution in [0.5, 0.6) is 17.2 Å². The van der Waals surface area contributed by atoms with Gasteiger partial charge in [-0.1, -0.05) is 0 Å². The van der Waals surface area contributed by atoms with Crippen LogP contribution in [-0.2, 0) is 0 Å². The maximum absolute atomic E-state index is 8.82. The lowest BCUT2D eigenvalue weighted by Crippen LogP contribution is -2.09. The summed E-state index contributed by atoms with van der Waals surface area (Å²) in [6, 6.07) is 1.66. The second-order valence-corrected chi connectivity index (χ2v) is 3.25. The Hall–Kier alpha value is -1.82. The Labute approximate surface area is 100 Å². The third-order valence-corrected chi connectivity index (χ3v) is 2.30. The number of nitrogens with two attached hydrogens (primary N) is 1. The summed E-state index contributed by atoms with van der Waals surface area (Å²) in [5, 5.41) is 11.8. The molecule has 0 saturated carbocycles. The van der Waals surface area contributed by atoms with Crippen LogP contribution in [0.15, 0.2) is 6.07 Å². The standard InChI is InChI=1S/C11H18N2O4/c1-15-7-6-8(16-2)10(13-4-5-14)11(17-3)9(7)12/h6,13-14H,4-5,12H2,1-3H3. The average molecular weight is 242 g/mol. The molecule has 0 fully saturated rings. The van der Waals surface area contributed by atoms with E-state index in [-0.39, 0.29) is 6.61 Å². The number of aliphatic hydroxyl groups is 1. The lowest BCUT2D eigenvalue weighted by molar-refractivity contribution is 0.310. The van der Waals surface area contributed by atoms with Gasteiger partial charge in [0, 0.05) is 12.6 Å². The molecular formula is C11H18N2O4. The minimum absolute atomic E-state index is 0.00174. The van der Waals surface area contributed by atoms with E-state index in [1.54, 1.807) is 6.07 Å². The van der Waals surface area contributed by atoms with E-state index >= 15 is 0 Å². The third kappa shape index (κ3) is 2.65. The van der Waals surface area contributed by atoms with Gasteiger partial charge in [0.2, 0.25) is 0 Å². The fourth-order valence-electron chi connectivity index (χ4n) is 1.52. The highest BCUT2D eigenvalue weighted by Crippen LogP contribution is 2.45. The largest absolute Gasteiger partial charge is 0.494 e. The summed E-state index contributed by atoms with van der Waals surface area (Å²) in [4.78, 5) is 0. The van der Waals surface area contributed by atoms with Crippen molar-refractivity contribution in [3.05, 3.63) is 6.07 Å². The number of rotatable bonds is 6. The molecule has 17 heavy (non-hydrogen) atoms. The highest BCUT2D eigenvalue weighted by molar-refractivity contribution is 5.80. The average Bonchev–Trinajstić information content (AvgIpc) is 2.36. The van der Waals surface area contributed by atoms with E-state index in [2.05, 4.69) is 5.32 Å². The number of hydrogen-bond donors (Lipinski definition) is 3. The monoisotopic (exact) mass is 242 g/mol. The molecule has 0 aliphatic heterocycles. The lowest BCUT2D eigenvalue weighted by atomic mass is 10.2. The second-order valence-electron chi connectivity index (χ2n) is 3.25. The Kier molecular flexibility index (Phi) is 4.71. The van der Waals surface area contributed by atoms with Crippen molar-refractivity contribution in [2.45, 2.75) is 0 Å². The molecule has 6 nitrogen and oxygen atoms in total. The molecule has 0 aromatic heterocycles. The predicted molar refractivity (Wildman–Crippen MR) is 66.1 cm³/mol. The van der Waals surface area contributed by atoms with Crippen molar-refractivity contribution in [3.63, 3.8) is 0 Å². The van der Waals surface area contributed by atoms with E-state index in [4.69, 9.17) is 25.1 Å². The van der Waals surface area contributed by atoms with Crippen LogP contribution in [0.25, 0.3) is 0 Å². The van der Waals surface area contributed by atoms with Gasteiger partial charge >= 0.3 is 0 Å². The number of nitrogens with one attached hydrogen (secondary N) is 1. The van der Waals surface area contributed by atoms with Crippen molar-refractivity contribution in [3.8, 4) is 17.2 Å². The van der Waals surface area contributed by atoms with Gasteiger partial charge in [-0.25, -0.2) is 0 Å². The van der Waals surface area contributed by atoms with Crippen LogP contribution >= 0.6 is 0 Å².